The van der Waals surface area contributed by atoms with Gasteiger partial charge >= 0.3 is 0 Å². The molecule has 35 heavy (non-hydrogen) atoms. The van der Waals surface area contributed by atoms with Crippen molar-refractivity contribution in [1.29, 1.82) is 0 Å². The van der Waals surface area contributed by atoms with Crippen LogP contribution in [0.25, 0.3) is 0 Å². The zero-order valence-electron chi connectivity index (χ0n) is 19.9. The average Bonchev–Trinajstić information content (AvgIpc) is 2.89. The van der Waals surface area contributed by atoms with E-state index in [1.165, 1.54) is 11.6 Å². The van der Waals surface area contributed by atoms with Gasteiger partial charge < -0.3 is 14.8 Å². The summed E-state index contributed by atoms with van der Waals surface area (Å²) < 4.78 is 26.5. The third-order valence-electron chi connectivity index (χ3n) is 6.10. The van der Waals surface area contributed by atoms with E-state index in [4.69, 9.17) is 9.47 Å². The molecule has 1 N–H and O–H groups in total. The molecular formula is C28H32FN3O3. The van der Waals surface area contributed by atoms with Gasteiger partial charge in [0, 0.05) is 31.9 Å². The van der Waals surface area contributed by atoms with E-state index < -0.39 is 0 Å². The van der Waals surface area contributed by atoms with E-state index in [1.54, 1.807) is 18.3 Å². The lowest BCUT2D eigenvalue weighted by atomic mass is 10.0. The number of benzene rings is 2. The van der Waals surface area contributed by atoms with Crippen LogP contribution in [0.5, 0.6) is 5.75 Å². The molecule has 0 spiro atoms. The van der Waals surface area contributed by atoms with Crippen molar-refractivity contribution in [3.8, 4) is 5.75 Å². The van der Waals surface area contributed by atoms with Gasteiger partial charge in [-0.1, -0.05) is 42.5 Å². The zero-order chi connectivity index (χ0) is 24.3. The molecule has 1 aromatic heterocycles. The van der Waals surface area contributed by atoms with E-state index in [-0.39, 0.29) is 17.8 Å². The first-order chi connectivity index (χ1) is 17.2. The first-order valence-corrected chi connectivity index (χ1v) is 12.2. The summed E-state index contributed by atoms with van der Waals surface area (Å²) in [5, 5.41) is 2.90. The Labute approximate surface area is 206 Å². The fraction of sp³-hybridized carbons (Fsp3) is 0.357. The number of hydrogen-bond donors (Lipinski definition) is 1. The van der Waals surface area contributed by atoms with E-state index in [1.807, 2.05) is 36.4 Å². The number of para-hydroxylation sites is 1. The standard InChI is InChI=1S/C28H32FN3O3/c29-25-12-8-14-30-26(25)20-32-16-6-7-17-34-18-15-31-28(33)24-11-4-5-13-27(24)35-21-23(32)19-22-9-2-1-3-10-22/h1-5,8-14,23H,6-7,15-21H2,(H,31,33)/t23-/m0/s1. The van der Waals surface area contributed by atoms with Crippen LogP contribution in [0, 0.1) is 5.82 Å². The second kappa shape index (κ2) is 13.0. The Bertz CT molecular complexity index is 1080. The number of carbonyl (C=O) groups excluding carboxylic acids is 1. The van der Waals surface area contributed by atoms with E-state index in [0.717, 1.165) is 25.8 Å². The Kier molecular flexibility index (Phi) is 9.20. The van der Waals surface area contributed by atoms with E-state index in [9.17, 15) is 9.18 Å². The molecule has 0 bridgehead atoms. The van der Waals surface area contributed by atoms with Gasteiger partial charge in [-0.25, -0.2) is 4.39 Å². The molecule has 1 amide bonds. The van der Waals surface area contributed by atoms with E-state index in [2.05, 4.69) is 27.3 Å². The van der Waals surface area contributed by atoms with Crippen molar-refractivity contribution in [2.45, 2.75) is 31.8 Å². The van der Waals surface area contributed by atoms with Gasteiger partial charge in [-0.15, -0.1) is 0 Å². The van der Waals surface area contributed by atoms with Gasteiger partial charge in [0.25, 0.3) is 5.91 Å². The Morgan fingerprint density at radius 2 is 1.83 bits per heavy atom. The smallest absolute Gasteiger partial charge is 0.255 e. The highest BCUT2D eigenvalue weighted by atomic mass is 19.1. The predicted molar refractivity (Wildman–Crippen MR) is 133 cm³/mol. The maximum atomic E-state index is 14.5. The number of carbonyl (C=O) groups is 1. The van der Waals surface area contributed by atoms with Crippen molar-refractivity contribution in [3.05, 3.63) is 95.6 Å². The number of pyridine rings is 1. The number of fused-ring (bicyclic) bond motifs is 1. The molecule has 2 heterocycles. The minimum Gasteiger partial charge on any atom is -0.491 e. The SMILES string of the molecule is O=C1NCCOCCCCN(Cc2ncccc2F)[C@@H](Cc2ccccc2)COc2ccccc21. The number of halogens is 1. The van der Waals surface area contributed by atoms with Crippen LogP contribution in [-0.4, -0.2) is 54.7 Å². The third kappa shape index (κ3) is 7.34. The van der Waals surface area contributed by atoms with Crippen LogP contribution in [0.2, 0.25) is 0 Å². The molecule has 0 aliphatic carbocycles. The summed E-state index contributed by atoms with van der Waals surface area (Å²) in [5.74, 6) is 0.0297. The Morgan fingerprint density at radius 3 is 2.69 bits per heavy atom. The number of ether oxygens (including phenoxy) is 2. The van der Waals surface area contributed by atoms with Crippen LogP contribution in [0.1, 0.15) is 34.5 Å². The van der Waals surface area contributed by atoms with Crippen LogP contribution in [-0.2, 0) is 17.7 Å². The van der Waals surface area contributed by atoms with Crippen molar-refractivity contribution in [2.24, 2.45) is 0 Å². The average molecular weight is 478 g/mol. The Morgan fingerprint density at radius 1 is 1.00 bits per heavy atom. The summed E-state index contributed by atoms with van der Waals surface area (Å²) in [6.07, 6.45) is 4.11. The predicted octanol–water partition coefficient (Wildman–Crippen LogP) is 4.25. The second-order valence-electron chi connectivity index (χ2n) is 8.63. The van der Waals surface area contributed by atoms with Gasteiger partial charge in [0.2, 0.25) is 0 Å². The minimum absolute atomic E-state index is 0.0547. The van der Waals surface area contributed by atoms with Gasteiger partial charge in [-0.2, -0.15) is 0 Å². The van der Waals surface area contributed by atoms with Gasteiger partial charge in [-0.05, 0) is 55.6 Å². The summed E-state index contributed by atoms with van der Waals surface area (Å²) >= 11 is 0. The number of nitrogens with one attached hydrogen (secondary N) is 1. The molecule has 3 aromatic rings. The quantitative estimate of drug-likeness (QED) is 0.609. The molecule has 1 atom stereocenters. The van der Waals surface area contributed by atoms with Crippen molar-refractivity contribution in [2.75, 3.05) is 32.9 Å². The van der Waals surface area contributed by atoms with Crippen molar-refractivity contribution in [3.63, 3.8) is 0 Å². The number of hydrogen-bond acceptors (Lipinski definition) is 5. The molecule has 2 aromatic carbocycles. The highest BCUT2D eigenvalue weighted by molar-refractivity contribution is 5.96. The Balaban J connectivity index is 1.63. The number of nitrogens with zero attached hydrogens (tertiary/aromatic N) is 2. The molecule has 0 saturated heterocycles. The molecule has 4 rings (SSSR count). The largest absolute Gasteiger partial charge is 0.491 e. The topological polar surface area (TPSA) is 63.7 Å². The van der Waals surface area contributed by atoms with Gasteiger partial charge in [0.05, 0.1) is 17.9 Å². The molecule has 7 heteroatoms. The van der Waals surface area contributed by atoms with Crippen molar-refractivity contribution in [1.82, 2.24) is 15.2 Å². The van der Waals surface area contributed by atoms with Crippen LogP contribution in [0.15, 0.2) is 72.9 Å². The first-order valence-electron chi connectivity index (χ1n) is 12.2. The molecule has 184 valence electrons. The lowest BCUT2D eigenvalue weighted by Gasteiger charge is -2.32. The van der Waals surface area contributed by atoms with Gasteiger partial charge in [0.15, 0.2) is 0 Å². The summed E-state index contributed by atoms with van der Waals surface area (Å²) in [7, 11) is 0. The van der Waals surface area contributed by atoms with Crippen molar-refractivity contribution < 1.29 is 18.7 Å². The lowest BCUT2D eigenvalue weighted by Crippen LogP contribution is -2.42. The molecule has 0 saturated carbocycles. The van der Waals surface area contributed by atoms with Crippen molar-refractivity contribution >= 4 is 5.91 Å². The third-order valence-corrected chi connectivity index (χ3v) is 6.10. The van der Waals surface area contributed by atoms with Crippen LogP contribution < -0.4 is 10.1 Å². The number of amides is 1. The maximum Gasteiger partial charge on any atom is 0.255 e. The van der Waals surface area contributed by atoms with E-state index >= 15 is 0 Å². The summed E-state index contributed by atoms with van der Waals surface area (Å²) in [5.41, 5.74) is 2.07. The van der Waals surface area contributed by atoms with Crippen LogP contribution in [0.4, 0.5) is 4.39 Å². The van der Waals surface area contributed by atoms with Crippen LogP contribution >= 0.6 is 0 Å². The molecule has 0 radical (unpaired) electrons. The summed E-state index contributed by atoms with van der Waals surface area (Å²) in [6, 6.07) is 20.5. The van der Waals surface area contributed by atoms with Gasteiger partial charge in [-0.3, -0.25) is 14.7 Å². The zero-order valence-corrected chi connectivity index (χ0v) is 19.9. The maximum absolute atomic E-state index is 14.5. The van der Waals surface area contributed by atoms with Crippen LogP contribution in [0.3, 0.4) is 0 Å². The molecule has 6 nitrogen and oxygen atoms in total. The summed E-state index contributed by atoms with van der Waals surface area (Å²) in [6.45, 7) is 2.97. The molecule has 1 aliphatic rings. The summed E-state index contributed by atoms with van der Waals surface area (Å²) in [4.78, 5) is 19.3. The molecule has 1 aliphatic heterocycles. The second-order valence-corrected chi connectivity index (χ2v) is 8.63. The highest BCUT2D eigenvalue weighted by Gasteiger charge is 2.23. The fourth-order valence-electron chi connectivity index (χ4n) is 4.22. The normalized spacial score (nSPS) is 18.4. The first kappa shape index (κ1) is 24.8. The molecular weight excluding hydrogens is 445 g/mol. The lowest BCUT2D eigenvalue weighted by molar-refractivity contribution is 0.0908. The monoisotopic (exact) mass is 477 g/mol. The number of rotatable bonds is 4. The fourth-order valence-corrected chi connectivity index (χ4v) is 4.22. The Hall–Kier alpha value is -3.29. The van der Waals surface area contributed by atoms with Gasteiger partial charge in [0.1, 0.15) is 18.2 Å². The minimum atomic E-state index is -0.312. The van der Waals surface area contributed by atoms with E-state index in [0.29, 0.717) is 49.9 Å². The molecule has 0 unspecified atom stereocenters. The molecule has 0 fully saturated rings. The highest BCUT2D eigenvalue weighted by Crippen LogP contribution is 2.21. The number of aromatic nitrogens is 1.